The highest BCUT2D eigenvalue weighted by molar-refractivity contribution is 6.00. The number of amides is 2. The molecule has 0 bridgehead atoms. The number of aromatic hydroxyl groups is 1. The van der Waals surface area contributed by atoms with E-state index in [1.807, 2.05) is 0 Å². The third-order valence-corrected chi connectivity index (χ3v) is 2.97. The van der Waals surface area contributed by atoms with Crippen LogP contribution in [0.15, 0.2) is 48.5 Å². The summed E-state index contributed by atoms with van der Waals surface area (Å²) in [5.74, 6) is -1.55. The van der Waals surface area contributed by atoms with Gasteiger partial charge in [0, 0.05) is 12.7 Å². The van der Waals surface area contributed by atoms with Crippen molar-refractivity contribution in [3.63, 3.8) is 0 Å². The number of phenolic OH excluding ortho intramolecular Hbond substituents is 1. The Morgan fingerprint density at radius 3 is 2.59 bits per heavy atom. The van der Waals surface area contributed by atoms with Crippen LogP contribution in [0.3, 0.4) is 0 Å². The smallest absolute Gasteiger partial charge is 0.257 e. The Morgan fingerprint density at radius 1 is 1.18 bits per heavy atom. The van der Waals surface area contributed by atoms with Gasteiger partial charge in [0.25, 0.3) is 5.91 Å². The summed E-state index contributed by atoms with van der Waals surface area (Å²) in [6.45, 7) is -0.219. The maximum Gasteiger partial charge on any atom is 0.257 e. The molecule has 2 rings (SSSR count). The van der Waals surface area contributed by atoms with Gasteiger partial charge in [0.05, 0.1) is 12.1 Å². The van der Waals surface area contributed by atoms with Crippen LogP contribution in [-0.4, -0.2) is 35.4 Å². The topological polar surface area (TPSA) is 69.6 Å². The molecular weight excluding hydrogens is 287 g/mol. The van der Waals surface area contributed by atoms with Crippen LogP contribution in [0.25, 0.3) is 0 Å². The Hall–Kier alpha value is -2.89. The molecule has 0 aliphatic heterocycles. The number of benzene rings is 2. The molecule has 114 valence electrons. The minimum Gasteiger partial charge on any atom is -0.507 e. The molecule has 0 saturated heterocycles. The van der Waals surface area contributed by atoms with Crippen LogP contribution < -0.4 is 5.32 Å². The van der Waals surface area contributed by atoms with Crippen molar-refractivity contribution in [3.05, 3.63) is 59.9 Å². The van der Waals surface area contributed by atoms with Gasteiger partial charge in [-0.1, -0.05) is 18.2 Å². The van der Waals surface area contributed by atoms with Crippen LogP contribution in [0.5, 0.6) is 5.75 Å². The van der Waals surface area contributed by atoms with Crippen LogP contribution in [0, 0.1) is 5.82 Å². The Morgan fingerprint density at radius 2 is 1.91 bits per heavy atom. The first-order valence-corrected chi connectivity index (χ1v) is 6.56. The fourth-order valence-electron chi connectivity index (χ4n) is 1.91. The van der Waals surface area contributed by atoms with Gasteiger partial charge < -0.3 is 15.3 Å². The van der Waals surface area contributed by atoms with Gasteiger partial charge in [-0.15, -0.1) is 0 Å². The van der Waals surface area contributed by atoms with Gasteiger partial charge in [-0.3, -0.25) is 9.59 Å². The van der Waals surface area contributed by atoms with E-state index >= 15 is 0 Å². The molecule has 0 spiro atoms. The molecule has 0 aromatic heterocycles. The molecule has 5 nitrogen and oxygen atoms in total. The zero-order chi connectivity index (χ0) is 16.1. The number of anilines is 1. The van der Waals surface area contributed by atoms with Gasteiger partial charge in [0.2, 0.25) is 5.91 Å². The van der Waals surface area contributed by atoms with E-state index in [9.17, 15) is 19.1 Å². The summed E-state index contributed by atoms with van der Waals surface area (Å²) in [5, 5.41) is 12.1. The number of rotatable bonds is 4. The van der Waals surface area contributed by atoms with Crippen molar-refractivity contribution in [2.24, 2.45) is 0 Å². The van der Waals surface area contributed by atoms with Crippen molar-refractivity contribution < 1.29 is 19.1 Å². The van der Waals surface area contributed by atoms with Gasteiger partial charge in [0.15, 0.2) is 0 Å². The number of likely N-dealkylation sites (N-methyl/N-ethyl adjacent to an activating group) is 1. The summed E-state index contributed by atoms with van der Waals surface area (Å²) in [4.78, 5) is 25.2. The second kappa shape index (κ2) is 6.71. The molecular formula is C16H15FN2O3. The third-order valence-electron chi connectivity index (χ3n) is 2.97. The van der Waals surface area contributed by atoms with Gasteiger partial charge >= 0.3 is 0 Å². The molecule has 0 aliphatic rings. The molecule has 22 heavy (non-hydrogen) atoms. The van der Waals surface area contributed by atoms with Crippen LogP contribution in [0.1, 0.15) is 10.4 Å². The monoisotopic (exact) mass is 302 g/mol. The molecule has 0 heterocycles. The molecule has 2 N–H and O–H groups in total. The Labute approximate surface area is 127 Å². The van der Waals surface area contributed by atoms with Crippen molar-refractivity contribution in [3.8, 4) is 5.75 Å². The van der Waals surface area contributed by atoms with Crippen LogP contribution in [0.2, 0.25) is 0 Å². The van der Waals surface area contributed by atoms with Crippen molar-refractivity contribution in [2.45, 2.75) is 0 Å². The predicted molar refractivity (Wildman–Crippen MR) is 80.1 cm³/mol. The maximum atomic E-state index is 13.0. The van der Waals surface area contributed by atoms with E-state index in [1.165, 1.54) is 42.3 Å². The summed E-state index contributed by atoms with van der Waals surface area (Å²) >= 11 is 0. The van der Waals surface area contributed by atoms with E-state index in [1.54, 1.807) is 18.2 Å². The van der Waals surface area contributed by atoms with E-state index in [0.29, 0.717) is 5.69 Å². The van der Waals surface area contributed by atoms with Gasteiger partial charge in [-0.05, 0) is 30.3 Å². The minimum atomic E-state index is -0.479. The summed E-state index contributed by atoms with van der Waals surface area (Å²) in [6.07, 6.45) is 0. The number of carbonyl (C=O) groups excluding carboxylic acids is 2. The quantitative estimate of drug-likeness (QED) is 0.910. The first-order valence-electron chi connectivity index (χ1n) is 6.56. The van der Waals surface area contributed by atoms with Crippen LogP contribution in [-0.2, 0) is 4.79 Å². The average Bonchev–Trinajstić information content (AvgIpc) is 2.46. The first-order chi connectivity index (χ1) is 10.5. The third kappa shape index (κ3) is 3.82. The van der Waals surface area contributed by atoms with Crippen molar-refractivity contribution in [1.29, 1.82) is 0 Å². The number of carbonyl (C=O) groups is 2. The number of hydrogen-bond donors (Lipinski definition) is 2. The molecule has 0 saturated carbocycles. The van der Waals surface area contributed by atoms with Crippen molar-refractivity contribution in [2.75, 3.05) is 18.9 Å². The predicted octanol–water partition coefficient (Wildman–Crippen LogP) is 2.24. The molecule has 6 heteroatoms. The summed E-state index contributed by atoms with van der Waals surface area (Å²) in [6, 6.07) is 11.6. The highest BCUT2D eigenvalue weighted by atomic mass is 19.1. The molecule has 2 aromatic rings. The highest BCUT2D eigenvalue weighted by Crippen LogP contribution is 2.17. The average molecular weight is 302 g/mol. The molecule has 0 atom stereocenters. The maximum absolute atomic E-state index is 13.0. The largest absolute Gasteiger partial charge is 0.507 e. The SMILES string of the molecule is CN(CC(=O)Nc1cccc(F)c1)C(=O)c1ccccc1O. The van der Waals surface area contributed by atoms with Crippen LogP contribution >= 0.6 is 0 Å². The molecule has 2 aromatic carbocycles. The number of hydrogen-bond acceptors (Lipinski definition) is 3. The number of nitrogens with one attached hydrogen (secondary N) is 1. The Balaban J connectivity index is 1.99. The van der Waals surface area contributed by atoms with E-state index in [-0.39, 0.29) is 17.9 Å². The standard InChI is InChI=1S/C16H15FN2O3/c1-19(16(22)13-7-2-3-8-14(13)20)10-15(21)18-12-6-4-5-11(17)9-12/h2-9,20H,10H2,1H3,(H,18,21). The normalized spacial score (nSPS) is 10.1. The van der Waals surface area contributed by atoms with E-state index in [2.05, 4.69) is 5.32 Å². The summed E-state index contributed by atoms with van der Waals surface area (Å²) < 4.78 is 13.0. The minimum absolute atomic E-state index is 0.114. The second-order valence-corrected chi connectivity index (χ2v) is 4.74. The van der Waals surface area contributed by atoms with E-state index in [0.717, 1.165) is 0 Å². The first kappa shape index (κ1) is 15.5. The van der Waals surface area contributed by atoms with Gasteiger partial charge in [-0.2, -0.15) is 0 Å². The van der Waals surface area contributed by atoms with E-state index in [4.69, 9.17) is 0 Å². The summed E-state index contributed by atoms with van der Waals surface area (Å²) in [7, 11) is 1.44. The fraction of sp³-hybridized carbons (Fsp3) is 0.125. The van der Waals surface area contributed by atoms with E-state index < -0.39 is 17.6 Å². The molecule has 0 fully saturated rings. The molecule has 0 unspecified atom stereocenters. The molecule has 2 amide bonds. The second-order valence-electron chi connectivity index (χ2n) is 4.74. The van der Waals surface area contributed by atoms with Crippen molar-refractivity contribution in [1.82, 2.24) is 4.90 Å². The number of phenols is 1. The lowest BCUT2D eigenvalue weighted by atomic mass is 10.2. The lowest BCUT2D eigenvalue weighted by Crippen LogP contribution is -2.34. The molecule has 0 radical (unpaired) electrons. The number of para-hydroxylation sites is 1. The molecule has 0 aliphatic carbocycles. The number of halogens is 1. The lowest BCUT2D eigenvalue weighted by Gasteiger charge is -2.17. The Kier molecular flexibility index (Phi) is 4.73. The van der Waals surface area contributed by atoms with Gasteiger partial charge in [0.1, 0.15) is 11.6 Å². The highest BCUT2D eigenvalue weighted by Gasteiger charge is 2.17. The summed E-state index contributed by atoms with van der Waals surface area (Å²) in [5.41, 5.74) is 0.428. The van der Waals surface area contributed by atoms with Gasteiger partial charge in [-0.25, -0.2) is 4.39 Å². The van der Waals surface area contributed by atoms with Crippen LogP contribution in [0.4, 0.5) is 10.1 Å². The Bertz CT molecular complexity index is 703. The van der Waals surface area contributed by atoms with Crippen molar-refractivity contribution >= 4 is 17.5 Å². The zero-order valence-electron chi connectivity index (χ0n) is 11.9. The zero-order valence-corrected chi connectivity index (χ0v) is 11.9. The lowest BCUT2D eigenvalue weighted by molar-refractivity contribution is -0.116. The fourth-order valence-corrected chi connectivity index (χ4v) is 1.91. The number of nitrogens with zero attached hydrogens (tertiary/aromatic N) is 1.